The highest BCUT2D eigenvalue weighted by Gasteiger charge is 2.34. The lowest BCUT2D eigenvalue weighted by Crippen LogP contribution is -2.26. The van der Waals surface area contributed by atoms with Gasteiger partial charge in [0.05, 0.1) is 16.6 Å². The number of carbonyl (C=O) groups is 1. The quantitative estimate of drug-likeness (QED) is 0.850. The standard InChI is InChI=1S/C18H21N3OS/c1-5-17(22)21-16(14-10-19-13(4)8-12(14)3)9-15(20-21)18-11(2)6-7-23-18/h6-8,10,16H,5,9H2,1-4H3. The number of pyridine rings is 1. The zero-order chi connectivity index (χ0) is 16.6. The molecule has 1 aliphatic rings. The van der Waals surface area contributed by atoms with E-state index < -0.39 is 0 Å². The molecule has 0 aliphatic carbocycles. The van der Waals surface area contributed by atoms with Crippen LogP contribution in [-0.4, -0.2) is 21.6 Å². The molecule has 1 aliphatic heterocycles. The fraction of sp³-hybridized carbons (Fsp3) is 0.389. The van der Waals surface area contributed by atoms with Crippen molar-refractivity contribution in [3.63, 3.8) is 0 Å². The van der Waals surface area contributed by atoms with Gasteiger partial charge in [0.2, 0.25) is 5.91 Å². The third kappa shape index (κ3) is 2.93. The van der Waals surface area contributed by atoms with Crippen molar-refractivity contribution in [2.24, 2.45) is 5.10 Å². The molecule has 0 spiro atoms. The van der Waals surface area contributed by atoms with Gasteiger partial charge in [0, 0.05) is 24.7 Å². The molecular formula is C18H21N3OS. The smallest absolute Gasteiger partial charge is 0.242 e. The Balaban J connectivity index is 2.00. The van der Waals surface area contributed by atoms with Crippen LogP contribution in [0, 0.1) is 20.8 Å². The van der Waals surface area contributed by atoms with Crippen molar-refractivity contribution in [1.82, 2.24) is 9.99 Å². The molecule has 1 unspecified atom stereocenters. The average Bonchev–Trinajstić information content (AvgIpc) is 3.12. The molecule has 0 saturated heterocycles. The summed E-state index contributed by atoms with van der Waals surface area (Å²) in [4.78, 5) is 18.0. The van der Waals surface area contributed by atoms with Crippen LogP contribution >= 0.6 is 11.3 Å². The third-order valence-corrected chi connectivity index (χ3v) is 5.31. The van der Waals surface area contributed by atoms with Gasteiger partial charge in [-0.1, -0.05) is 6.92 Å². The van der Waals surface area contributed by atoms with Crippen LogP contribution in [0.15, 0.2) is 28.8 Å². The van der Waals surface area contributed by atoms with Gasteiger partial charge in [0.25, 0.3) is 0 Å². The summed E-state index contributed by atoms with van der Waals surface area (Å²) in [6, 6.07) is 4.12. The van der Waals surface area contributed by atoms with E-state index >= 15 is 0 Å². The summed E-state index contributed by atoms with van der Waals surface area (Å²) >= 11 is 1.69. The zero-order valence-corrected chi connectivity index (χ0v) is 14.8. The first kappa shape index (κ1) is 15.9. The van der Waals surface area contributed by atoms with Crippen molar-refractivity contribution in [2.45, 2.75) is 46.6 Å². The van der Waals surface area contributed by atoms with Gasteiger partial charge >= 0.3 is 0 Å². The number of hydrazone groups is 1. The van der Waals surface area contributed by atoms with Crippen LogP contribution in [0.5, 0.6) is 0 Å². The molecule has 23 heavy (non-hydrogen) atoms. The van der Waals surface area contributed by atoms with Gasteiger partial charge in [-0.15, -0.1) is 11.3 Å². The van der Waals surface area contributed by atoms with Gasteiger partial charge in [-0.05, 0) is 55.0 Å². The molecule has 4 nitrogen and oxygen atoms in total. The minimum Gasteiger partial charge on any atom is -0.273 e. The van der Waals surface area contributed by atoms with E-state index in [-0.39, 0.29) is 11.9 Å². The topological polar surface area (TPSA) is 45.6 Å². The molecule has 1 atom stereocenters. The first-order valence-corrected chi connectivity index (χ1v) is 8.76. The maximum Gasteiger partial charge on any atom is 0.242 e. The molecule has 120 valence electrons. The number of aryl methyl sites for hydroxylation is 3. The van der Waals surface area contributed by atoms with Crippen LogP contribution in [0.3, 0.4) is 0 Å². The normalized spacial score (nSPS) is 17.5. The van der Waals surface area contributed by atoms with E-state index in [1.165, 1.54) is 10.4 Å². The Morgan fingerprint density at radius 3 is 2.74 bits per heavy atom. The van der Waals surface area contributed by atoms with Gasteiger partial charge in [0.15, 0.2) is 0 Å². The van der Waals surface area contributed by atoms with Crippen LogP contribution < -0.4 is 0 Å². The van der Waals surface area contributed by atoms with Gasteiger partial charge in [0.1, 0.15) is 0 Å². The molecule has 0 fully saturated rings. The summed E-state index contributed by atoms with van der Waals surface area (Å²) < 4.78 is 0. The molecular weight excluding hydrogens is 306 g/mol. The minimum absolute atomic E-state index is 0.0490. The lowest BCUT2D eigenvalue weighted by Gasteiger charge is -2.22. The number of aromatic nitrogens is 1. The highest BCUT2D eigenvalue weighted by Crippen LogP contribution is 2.36. The molecule has 0 N–H and O–H groups in total. The molecule has 5 heteroatoms. The van der Waals surface area contributed by atoms with Gasteiger partial charge in [-0.2, -0.15) is 5.10 Å². The first-order valence-electron chi connectivity index (χ1n) is 7.88. The number of carbonyl (C=O) groups excluding carboxylic acids is 1. The van der Waals surface area contributed by atoms with E-state index in [0.29, 0.717) is 6.42 Å². The van der Waals surface area contributed by atoms with E-state index in [2.05, 4.69) is 41.4 Å². The van der Waals surface area contributed by atoms with Crippen molar-refractivity contribution in [2.75, 3.05) is 0 Å². The number of nitrogens with zero attached hydrogens (tertiary/aromatic N) is 3. The monoisotopic (exact) mass is 327 g/mol. The number of hydrogen-bond acceptors (Lipinski definition) is 4. The molecule has 2 aromatic rings. The average molecular weight is 327 g/mol. The largest absolute Gasteiger partial charge is 0.273 e. The fourth-order valence-corrected chi connectivity index (χ4v) is 3.93. The summed E-state index contributed by atoms with van der Waals surface area (Å²) in [5, 5.41) is 8.40. The van der Waals surface area contributed by atoms with Crippen molar-refractivity contribution in [1.29, 1.82) is 0 Å². The summed E-state index contributed by atoms with van der Waals surface area (Å²) in [5.41, 5.74) is 5.47. The first-order chi connectivity index (χ1) is 11.0. The molecule has 2 aromatic heterocycles. The van der Waals surface area contributed by atoms with Crippen molar-refractivity contribution in [3.8, 4) is 0 Å². The number of amides is 1. The molecule has 0 bridgehead atoms. The maximum absolute atomic E-state index is 12.4. The summed E-state index contributed by atoms with van der Waals surface area (Å²) in [5.74, 6) is 0.0548. The zero-order valence-electron chi connectivity index (χ0n) is 14.0. The second kappa shape index (κ2) is 6.24. The van der Waals surface area contributed by atoms with Crippen molar-refractivity contribution >= 4 is 23.0 Å². The minimum atomic E-state index is -0.0490. The number of thiophene rings is 1. The number of rotatable bonds is 3. The maximum atomic E-state index is 12.4. The van der Waals surface area contributed by atoms with E-state index in [0.717, 1.165) is 29.0 Å². The summed E-state index contributed by atoms with van der Waals surface area (Å²) in [6.45, 7) is 8.03. The van der Waals surface area contributed by atoms with Crippen LogP contribution in [0.2, 0.25) is 0 Å². The summed E-state index contributed by atoms with van der Waals surface area (Å²) in [7, 11) is 0. The fourth-order valence-electron chi connectivity index (χ4n) is 3.01. The summed E-state index contributed by atoms with van der Waals surface area (Å²) in [6.07, 6.45) is 3.10. The molecule has 0 aromatic carbocycles. The predicted molar refractivity (Wildman–Crippen MR) is 93.8 cm³/mol. The van der Waals surface area contributed by atoms with Gasteiger partial charge in [-0.25, -0.2) is 5.01 Å². The Kier molecular flexibility index (Phi) is 4.31. The third-order valence-electron chi connectivity index (χ3n) is 4.24. The lowest BCUT2D eigenvalue weighted by molar-refractivity contribution is -0.132. The number of hydrogen-bond donors (Lipinski definition) is 0. The van der Waals surface area contributed by atoms with E-state index in [4.69, 9.17) is 0 Å². The van der Waals surface area contributed by atoms with E-state index in [1.54, 1.807) is 16.3 Å². The lowest BCUT2D eigenvalue weighted by atomic mass is 9.97. The van der Waals surface area contributed by atoms with Crippen LogP contribution in [0.25, 0.3) is 0 Å². The Hall–Kier alpha value is -2.01. The molecule has 3 heterocycles. The molecule has 1 amide bonds. The van der Waals surface area contributed by atoms with Crippen LogP contribution in [0.4, 0.5) is 0 Å². The van der Waals surface area contributed by atoms with Crippen LogP contribution in [0.1, 0.15) is 53.1 Å². The highest BCUT2D eigenvalue weighted by atomic mass is 32.1. The second-order valence-corrected chi connectivity index (χ2v) is 6.89. The van der Waals surface area contributed by atoms with Gasteiger partial charge < -0.3 is 0 Å². The highest BCUT2D eigenvalue weighted by molar-refractivity contribution is 7.12. The Morgan fingerprint density at radius 2 is 2.13 bits per heavy atom. The Bertz CT molecular complexity index is 778. The Labute approximate surface area is 140 Å². The van der Waals surface area contributed by atoms with Crippen molar-refractivity contribution < 1.29 is 4.79 Å². The van der Waals surface area contributed by atoms with E-state index in [1.807, 2.05) is 20.0 Å². The second-order valence-electron chi connectivity index (χ2n) is 5.97. The molecule has 3 rings (SSSR count). The SMILES string of the molecule is CCC(=O)N1N=C(c2sccc2C)CC1c1cnc(C)cc1C. The van der Waals surface area contributed by atoms with Gasteiger partial charge in [-0.3, -0.25) is 9.78 Å². The predicted octanol–water partition coefficient (Wildman–Crippen LogP) is 4.16. The van der Waals surface area contributed by atoms with Crippen molar-refractivity contribution in [3.05, 3.63) is 51.0 Å². The van der Waals surface area contributed by atoms with Crippen LogP contribution in [-0.2, 0) is 4.79 Å². The molecule has 0 saturated carbocycles. The molecule has 0 radical (unpaired) electrons. The Morgan fingerprint density at radius 1 is 1.35 bits per heavy atom. The van der Waals surface area contributed by atoms with E-state index in [9.17, 15) is 4.79 Å².